The van der Waals surface area contributed by atoms with Crippen molar-refractivity contribution in [1.29, 1.82) is 0 Å². The molecule has 0 spiro atoms. The number of halogens is 1. The molecule has 0 aliphatic carbocycles. The van der Waals surface area contributed by atoms with Crippen LogP contribution in [0.25, 0.3) is 0 Å². The first-order chi connectivity index (χ1) is 14.0. The van der Waals surface area contributed by atoms with Gasteiger partial charge in [-0.1, -0.05) is 29.8 Å². The van der Waals surface area contributed by atoms with Crippen LogP contribution in [0.15, 0.2) is 48.5 Å². The number of hydrogen-bond acceptors (Lipinski definition) is 5. The number of amides is 3. The van der Waals surface area contributed by atoms with Gasteiger partial charge >= 0.3 is 12.0 Å². The second-order valence-corrected chi connectivity index (χ2v) is 8.06. The topological polar surface area (TPSA) is 102 Å². The fraction of sp³-hybridized carbons (Fsp3) is 0.273. The number of carbonyl (C=O) groups excluding carboxylic acids is 4. The number of imide groups is 1. The van der Waals surface area contributed by atoms with Gasteiger partial charge in [0.25, 0.3) is 5.91 Å². The summed E-state index contributed by atoms with van der Waals surface area (Å²) in [7, 11) is 0. The van der Waals surface area contributed by atoms with Crippen LogP contribution in [0.4, 0.5) is 4.79 Å². The zero-order valence-corrected chi connectivity index (χ0v) is 17.9. The molecule has 0 radical (unpaired) electrons. The summed E-state index contributed by atoms with van der Waals surface area (Å²) in [5, 5.41) is 5.17. The Morgan fingerprint density at radius 3 is 2.07 bits per heavy atom. The van der Waals surface area contributed by atoms with Gasteiger partial charge in [-0.05, 0) is 58.0 Å². The van der Waals surface area contributed by atoms with Crippen molar-refractivity contribution in [3.8, 4) is 0 Å². The molecule has 158 valence electrons. The van der Waals surface area contributed by atoms with Crippen LogP contribution < -0.4 is 10.6 Å². The maximum Gasteiger partial charge on any atom is 0.339 e. The summed E-state index contributed by atoms with van der Waals surface area (Å²) < 4.78 is 5.17. The number of esters is 1. The molecule has 1 atom stereocenters. The Bertz CT molecular complexity index is 964. The highest BCUT2D eigenvalue weighted by Gasteiger charge is 2.25. The summed E-state index contributed by atoms with van der Waals surface area (Å²) in [4.78, 5) is 49.4. The maximum atomic E-state index is 12.8. The number of rotatable bonds is 5. The normalized spacial score (nSPS) is 11.9. The molecule has 0 aliphatic heterocycles. The van der Waals surface area contributed by atoms with Gasteiger partial charge in [0, 0.05) is 21.7 Å². The highest BCUT2D eigenvalue weighted by atomic mass is 35.5. The van der Waals surface area contributed by atoms with E-state index in [1.165, 1.54) is 19.1 Å². The van der Waals surface area contributed by atoms with E-state index in [2.05, 4.69) is 10.6 Å². The summed E-state index contributed by atoms with van der Waals surface area (Å²) in [6, 6.07) is 11.7. The Morgan fingerprint density at radius 2 is 1.50 bits per heavy atom. The van der Waals surface area contributed by atoms with E-state index in [4.69, 9.17) is 16.3 Å². The van der Waals surface area contributed by atoms with Crippen molar-refractivity contribution in [3.05, 3.63) is 70.2 Å². The van der Waals surface area contributed by atoms with E-state index in [9.17, 15) is 19.2 Å². The molecular weight excluding hydrogens is 408 g/mol. The summed E-state index contributed by atoms with van der Waals surface area (Å²) >= 11 is 5.85. The molecule has 8 heteroatoms. The van der Waals surface area contributed by atoms with Crippen molar-refractivity contribution < 1.29 is 23.9 Å². The first kappa shape index (κ1) is 23.1. The van der Waals surface area contributed by atoms with Gasteiger partial charge in [0.05, 0.1) is 5.56 Å². The second-order valence-electron chi connectivity index (χ2n) is 7.62. The minimum Gasteiger partial charge on any atom is -0.449 e. The van der Waals surface area contributed by atoms with Crippen molar-refractivity contribution >= 4 is 35.3 Å². The lowest BCUT2D eigenvalue weighted by atomic mass is 9.98. The van der Waals surface area contributed by atoms with Crippen LogP contribution in [0.3, 0.4) is 0 Å². The van der Waals surface area contributed by atoms with Crippen LogP contribution in [-0.4, -0.2) is 35.3 Å². The minimum absolute atomic E-state index is 0.0104. The van der Waals surface area contributed by atoms with Gasteiger partial charge in [0.2, 0.25) is 0 Å². The van der Waals surface area contributed by atoms with Gasteiger partial charge in [-0.3, -0.25) is 14.9 Å². The minimum atomic E-state index is -1.25. The van der Waals surface area contributed by atoms with Crippen LogP contribution in [-0.2, 0) is 9.53 Å². The number of carbonyl (C=O) groups is 4. The molecule has 0 aromatic heterocycles. The Labute approximate surface area is 179 Å². The molecule has 0 saturated heterocycles. The van der Waals surface area contributed by atoms with Crippen LogP contribution in [0, 0.1) is 0 Å². The smallest absolute Gasteiger partial charge is 0.339 e. The second kappa shape index (κ2) is 9.54. The third-order valence-corrected chi connectivity index (χ3v) is 4.13. The van der Waals surface area contributed by atoms with Crippen LogP contribution in [0.1, 0.15) is 54.0 Å². The highest BCUT2D eigenvalue weighted by Crippen LogP contribution is 2.18. The standard InChI is InChI=1S/C22H23ClN2O5/c1-13(19(27)24-21(29)25-22(2,3)4)30-20(28)17-8-6-5-7-16(17)18(26)14-9-11-15(23)12-10-14/h5-13H,1-4H3,(H2,24,25,27,29). The maximum absolute atomic E-state index is 12.8. The van der Waals surface area contributed by atoms with E-state index in [0.717, 1.165) is 0 Å². The van der Waals surface area contributed by atoms with Gasteiger partial charge in [-0.2, -0.15) is 0 Å². The van der Waals surface area contributed by atoms with Crippen molar-refractivity contribution in [1.82, 2.24) is 10.6 Å². The molecule has 30 heavy (non-hydrogen) atoms. The monoisotopic (exact) mass is 430 g/mol. The van der Waals surface area contributed by atoms with Crippen molar-refractivity contribution in [3.63, 3.8) is 0 Å². The van der Waals surface area contributed by atoms with Gasteiger partial charge in [0.1, 0.15) is 0 Å². The Kier molecular flexibility index (Phi) is 7.34. The molecule has 0 bridgehead atoms. The molecule has 2 rings (SSSR count). The SMILES string of the molecule is CC(OC(=O)c1ccccc1C(=O)c1ccc(Cl)cc1)C(=O)NC(=O)NC(C)(C)C. The average Bonchev–Trinajstić information content (AvgIpc) is 2.66. The van der Waals surface area contributed by atoms with E-state index in [-0.39, 0.29) is 16.9 Å². The molecular formula is C22H23ClN2O5. The predicted octanol–water partition coefficient (Wildman–Crippen LogP) is 3.74. The van der Waals surface area contributed by atoms with Gasteiger partial charge in [0.15, 0.2) is 11.9 Å². The van der Waals surface area contributed by atoms with E-state index < -0.39 is 29.6 Å². The van der Waals surface area contributed by atoms with Crippen molar-refractivity contribution in [2.45, 2.75) is 39.3 Å². The first-order valence-electron chi connectivity index (χ1n) is 9.21. The number of nitrogens with one attached hydrogen (secondary N) is 2. The van der Waals surface area contributed by atoms with Gasteiger partial charge in [-0.15, -0.1) is 0 Å². The van der Waals surface area contributed by atoms with E-state index in [0.29, 0.717) is 10.6 Å². The molecule has 2 N–H and O–H groups in total. The lowest BCUT2D eigenvalue weighted by Crippen LogP contribution is -2.50. The Balaban J connectivity index is 2.12. The lowest BCUT2D eigenvalue weighted by Gasteiger charge is -2.21. The molecule has 0 heterocycles. The summed E-state index contributed by atoms with van der Waals surface area (Å²) in [5.41, 5.74) is -0.0472. The molecule has 2 aromatic carbocycles. The third kappa shape index (κ3) is 6.42. The van der Waals surface area contributed by atoms with Crippen molar-refractivity contribution in [2.75, 3.05) is 0 Å². The highest BCUT2D eigenvalue weighted by molar-refractivity contribution is 6.30. The third-order valence-electron chi connectivity index (χ3n) is 3.88. The molecule has 0 saturated carbocycles. The molecule has 0 aliphatic rings. The number of urea groups is 1. The van der Waals surface area contributed by atoms with Crippen LogP contribution in [0.5, 0.6) is 0 Å². The Morgan fingerprint density at radius 1 is 0.933 bits per heavy atom. The molecule has 7 nitrogen and oxygen atoms in total. The lowest BCUT2D eigenvalue weighted by molar-refractivity contribution is -0.127. The quantitative estimate of drug-likeness (QED) is 0.555. The van der Waals surface area contributed by atoms with E-state index in [1.807, 2.05) is 0 Å². The van der Waals surface area contributed by atoms with Gasteiger partial charge in [-0.25, -0.2) is 9.59 Å². The largest absolute Gasteiger partial charge is 0.449 e. The van der Waals surface area contributed by atoms with Crippen molar-refractivity contribution in [2.24, 2.45) is 0 Å². The zero-order valence-electron chi connectivity index (χ0n) is 17.1. The van der Waals surface area contributed by atoms with Crippen LogP contribution in [0.2, 0.25) is 5.02 Å². The molecule has 3 amide bonds. The molecule has 0 fully saturated rings. The fourth-order valence-electron chi connectivity index (χ4n) is 2.48. The number of ether oxygens (including phenoxy) is 1. The predicted molar refractivity (Wildman–Crippen MR) is 113 cm³/mol. The molecule has 2 aromatic rings. The fourth-order valence-corrected chi connectivity index (χ4v) is 2.60. The Hall–Kier alpha value is -3.19. The number of ketones is 1. The number of benzene rings is 2. The van der Waals surface area contributed by atoms with Gasteiger partial charge < -0.3 is 10.1 Å². The van der Waals surface area contributed by atoms with E-state index in [1.54, 1.807) is 57.2 Å². The summed E-state index contributed by atoms with van der Waals surface area (Å²) in [6.45, 7) is 6.61. The number of hydrogen-bond donors (Lipinski definition) is 2. The average molecular weight is 431 g/mol. The zero-order chi connectivity index (χ0) is 22.5. The van der Waals surface area contributed by atoms with E-state index >= 15 is 0 Å². The first-order valence-corrected chi connectivity index (χ1v) is 9.59. The summed E-state index contributed by atoms with van der Waals surface area (Å²) in [5.74, 6) is -2.03. The van der Waals surface area contributed by atoms with Crippen LogP contribution >= 0.6 is 11.6 Å². The molecule has 1 unspecified atom stereocenters. The summed E-state index contributed by atoms with van der Waals surface area (Å²) in [6.07, 6.45) is -1.25.